The van der Waals surface area contributed by atoms with E-state index in [0.29, 0.717) is 17.7 Å². The third-order valence-corrected chi connectivity index (χ3v) is 3.19. The van der Waals surface area contributed by atoms with Gasteiger partial charge in [0.1, 0.15) is 0 Å². The summed E-state index contributed by atoms with van der Waals surface area (Å²) in [6, 6.07) is 7.94. The first-order valence-electron chi connectivity index (χ1n) is 6.63. The van der Waals surface area contributed by atoms with Crippen LogP contribution in [0.1, 0.15) is 38.1 Å². The van der Waals surface area contributed by atoms with Crippen LogP contribution in [0.2, 0.25) is 0 Å². The van der Waals surface area contributed by atoms with Crippen molar-refractivity contribution in [1.82, 2.24) is 10.2 Å². The number of hydrogen-bond acceptors (Lipinski definition) is 4. The van der Waals surface area contributed by atoms with Crippen LogP contribution in [-0.4, -0.2) is 21.3 Å². The second kappa shape index (κ2) is 5.86. The Morgan fingerprint density at radius 2 is 1.85 bits per heavy atom. The van der Waals surface area contributed by atoms with Crippen molar-refractivity contribution in [1.29, 1.82) is 0 Å². The van der Waals surface area contributed by atoms with E-state index in [1.165, 1.54) is 5.56 Å². The maximum Gasteiger partial charge on any atom is 0.306 e. The molecule has 0 saturated carbocycles. The summed E-state index contributed by atoms with van der Waals surface area (Å²) in [5.74, 6) is -0.160. The van der Waals surface area contributed by atoms with Crippen LogP contribution in [0, 0.1) is 5.92 Å². The van der Waals surface area contributed by atoms with Gasteiger partial charge in [0.05, 0.1) is 5.92 Å². The predicted octanol–water partition coefficient (Wildman–Crippen LogP) is 3.12. The second-order valence-electron chi connectivity index (χ2n) is 5.22. The molecule has 0 saturated heterocycles. The highest BCUT2D eigenvalue weighted by molar-refractivity contribution is 5.69. The molecule has 5 heteroatoms. The quantitative estimate of drug-likeness (QED) is 0.906. The van der Waals surface area contributed by atoms with Gasteiger partial charge < -0.3 is 9.52 Å². The predicted molar refractivity (Wildman–Crippen MR) is 74.3 cm³/mol. The zero-order chi connectivity index (χ0) is 14.7. The first kappa shape index (κ1) is 14.2. The fraction of sp³-hybridized carbons (Fsp3) is 0.400. The Balaban J connectivity index is 2.14. The Labute approximate surface area is 117 Å². The van der Waals surface area contributed by atoms with E-state index in [9.17, 15) is 4.79 Å². The Bertz CT molecular complexity index is 587. The van der Waals surface area contributed by atoms with E-state index in [-0.39, 0.29) is 6.42 Å². The van der Waals surface area contributed by atoms with Crippen molar-refractivity contribution in [2.45, 2.75) is 33.1 Å². The van der Waals surface area contributed by atoms with Gasteiger partial charge in [-0.05, 0) is 23.6 Å². The average molecular weight is 274 g/mol. The largest absolute Gasteiger partial charge is 0.481 e. The van der Waals surface area contributed by atoms with Gasteiger partial charge in [0, 0.05) is 12.0 Å². The fourth-order valence-electron chi connectivity index (χ4n) is 1.81. The lowest BCUT2D eigenvalue weighted by molar-refractivity contribution is -0.141. The fourth-order valence-corrected chi connectivity index (χ4v) is 1.81. The van der Waals surface area contributed by atoms with Crippen LogP contribution in [0.4, 0.5) is 0 Å². The van der Waals surface area contributed by atoms with Gasteiger partial charge >= 0.3 is 5.97 Å². The van der Waals surface area contributed by atoms with E-state index in [2.05, 4.69) is 24.0 Å². The number of nitrogens with zero attached hydrogens (tertiary/aromatic N) is 2. The van der Waals surface area contributed by atoms with E-state index in [4.69, 9.17) is 9.52 Å². The van der Waals surface area contributed by atoms with Crippen LogP contribution in [0.25, 0.3) is 11.5 Å². The molecule has 0 radical (unpaired) electrons. The Kier molecular flexibility index (Phi) is 4.17. The minimum Gasteiger partial charge on any atom is -0.481 e. The average Bonchev–Trinajstić information content (AvgIpc) is 2.87. The van der Waals surface area contributed by atoms with Crippen molar-refractivity contribution in [3.05, 3.63) is 35.7 Å². The van der Waals surface area contributed by atoms with E-state index >= 15 is 0 Å². The van der Waals surface area contributed by atoms with Crippen molar-refractivity contribution in [3.63, 3.8) is 0 Å². The molecule has 0 aliphatic heterocycles. The van der Waals surface area contributed by atoms with E-state index < -0.39 is 11.9 Å². The summed E-state index contributed by atoms with van der Waals surface area (Å²) in [5.41, 5.74) is 2.09. The van der Waals surface area contributed by atoms with Crippen LogP contribution < -0.4 is 0 Å². The van der Waals surface area contributed by atoms with Crippen molar-refractivity contribution in [2.75, 3.05) is 0 Å². The van der Waals surface area contributed by atoms with Crippen molar-refractivity contribution >= 4 is 5.97 Å². The van der Waals surface area contributed by atoms with Crippen molar-refractivity contribution in [3.8, 4) is 11.5 Å². The van der Waals surface area contributed by atoms with Gasteiger partial charge in [-0.1, -0.05) is 32.9 Å². The second-order valence-corrected chi connectivity index (χ2v) is 5.22. The van der Waals surface area contributed by atoms with E-state index in [0.717, 1.165) is 5.56 Å². The van der Waals surface area contributed by atoms with E-state index in [1.807, 2.05) is 24.3 Å². The highest BCUT2D eigenvalue weighted by Crippen LogP contribution is 2.22. The van der Waals surface area contributed by atoms with Crippen LogP contribution in [0.3, 0.4) is 0 Å². The van der Waals surface area contributed by atoms with Gasteiger partial charge in [0.2, 0.25) is 11.8 Å². The Morgan fingerprint density at radius 1 is 1.20 bits per heavy atom. The molecule has 0 bridgehead atoms. The molecule has 0 amide bonds. The molecule has 0 aliphatic carbocycles. The molecule has 1 heterocycles. The third-order valence-electron chi connectivity index (χ3n) is 3.19. The number of hydrogen-bond donors (Lipinski definition) is 1. The normalized spacial score (nSPS) is 12.6. The standard InChI is InChI=1S/C15H18N2O3/c1-9(2)11-4-6-12(7-5-11)14-17-16-13(20-14)8-10(3)15(18)19/h4-7,9-10H,8H2,1-3H3,(H,18,19). The number of carboxylic acids is 1. The maximum atomic E-state index is 10.8. The molecule has 2 aromatic rings. The number of aliphatic carboxylic acids is 1. The molecule has 5 nitrogen and oxygen atoms in total. The molecular formula is C15H18N2O3. The molecule has 0 fully saturated rings. The monoisotopic (exact) mass is 274 g/mol. The van der Waals surface area contributed by atoms with Crippen molar-refractivity contribution in [2.24, 2.45) is 5.92 Å². The summed E-state index contributed by atoms with van der Waals surface area (Å²) >= 11 is 0. The molecule has 1 unspecified atom stereocenters. The lowest BCUT2D eigenvalue weighted by Gasteiger charge is -2.04. The Hall–Kier alpha value is -2.17. The lowest BCUT2D eigenvalue weighted by atomic mass is 10.0. The number of aromatic nitrogens is 2. The summed E-state index contributed by atoms with van der Waals surface area (Å²) < 4.78 is 5.51. The molecule has 1 N–H and O–H groups in total. The number of rotatable bonds is 5. The van der Waals surface area contributed by atoms with Gasteiger partial charge in [-0.3, -0.25) is 4.79 Å². The highest BCUT2D eigenvalue weighted by atomic mass is 16.4. The molecule has 1 atom stereocenters. The number of carboxylic acid groups (broad SMARTS) is 1. The molecular weight excluding hydrogens is 256 g/mol. The summed E-state index contributed by atoms with van der Waals surface area (Å²) in [6.45, 7) is 5.88. The molecule has 20 heavy (non-hydrogen) atoms. The molecule has 0 aliphatic rings. The van der Waals surface area contributed by atoms with Crippen LogP contribution in [0.5, 0.6) is 0 Å². The Morgan fingerprint density at radius 3 is 2.40 bits per heavy atom. The number of benzene rings is 1. The minimum absolute atomic E-state index is 0.242. The molecule has 0 spiro atoms. The maximum absolute atomic E-state index is 10.8. The topological polar surface area (TPSA) is 76.2 Å². The first-order valence-corrected chi connectivity index (χ1v) is 6.63. The van der Waals surface area contributed by atoms with E-state index in [1.54, 1.807) is 6.92 Å². The van der Waals surface area contributed by atoms with Gasteiger partial charge in [0.15, 0.2) is 0 Å². The zero-order valence-electron chi connectivity index (χ0n) is 11.8. The molecule has 1 aromatic heterocycles. The van der Waals surface area contributed by atoms with Gasteiger partial charge in [-0.25, -0.2) is 0 Å². The summed E-state index contributed by atoms with van der Waals surface area (Å²) in [5, 5.41) is 16.7. The number of carbonyl (C=O) groups is 1. The molecule has 2 rings (SSSR count). The SMILES string of the molecule is CC(Cc1nnc(-c2ccc(C(C)C)cc2)o1)C(=O)O. The van der Waals surface area contributed by atoms with Crippen LogP contribution in [0.15, 0.2) is 28.7 Å². The lowest BCUT2D eigenvalue weighted by Crippen LogP contribution is -2.12. The van der Waals surface area contributed by atoms with Gasteiger partial charge in [-0.15, -0.1) is 10.2 Å². The molecule has 106 valence electrons. The smallest absolute Gasteiger partial charge is 0.306 e. The van der Waals surface area contributed by atoms with Gasteiger partial charge in [0.25, 0.3) is 0 Å². The minimum atomic E-state index is -0.869. The van der Waals surface area contributed by atoms with Gasteiger partial charge in [-0.2, -0.15) is 0 Å². The summed E-state index contributed by atoms with van der Waals surface area (Å²) in [6.07, 6.45) is 0.242. The van der Waals surface area contributed by atoms with Crippen LogP contribution >= 0.6 is 0 Å². The summed E-state index contributed by atoms with van der Waals surface area (Å²) in [4.78, 5) is 10.8. The van der Waals surface area contributed by atoms with Crippen molar-refractivity contribution < 1.29 is 14.3 Å². The first-order chi connectivity index (χ1) is 9.47. The summed E-state index contributed by atoms with van der Waals surface area (Å²) in [7, 11) is 0. The molecule has 1 aromatic carbocycles. The third kappa shape index (κ3) is 3.23. The highest BCUT2D eigenvalue weighted by Gasteiger charge is 2.16. The van der Waals surface area contributed by atoms with Crippen LogP contribution in [-0.2, 0) is 11.2 Å². The zero-order valence-corrected chi connectivity index (χ0v) is 11.8.